The number of esters is 1. The summed E-state index contributed by atoms with van der Waals surface area (Å²) in [4.78, 5) is 95.9. The van der Waals surface area contributed by atoms with Crippen LogP contribution in [0.4, 0.5) is 4.79 Å². The second-order valence-corrected chi connectivity index (χ2v) is 30.7. The van der Waals surface area contributed by atoms with E-state index in [1.807, 2.05) is 30.4 Å². The highest BCUT2D eigenvalue weighted by Gasteiger charge is 2.50. The molecule has 2 rings (SSSR count). The van der Waals surface area contributed by atoms with Crippen molar-refractivity contribution in [1.29, 1.82) is 0 Å². The molecule has 5 amide bonds. The fraction of sp³-hybridized carbons (Fsp3) is 0.578. The van der Waals surface area contributed by atoms with E-state index in [-0.39, 0.29) is 88.2 Å². The van der Waals surface area contributed by atoms with E-state index in [0.717, 1.165) is 109 Å². The van der Waals surface area contributed by atoms with Gasteiger partial charge in [-0.1, -0.05) is 246 Å². The standard InChI is InChI=1S/C102H157N5O19/c1-7-11-14-17-20-23-26-29-32-35-38-41-44-47-50-53-56-59-62-74-89(109)103-77-68-65-71-83(98(117)105-79-70-67-73-85(99(118)122-10-4)107-102(119)126-97-93(113)88(124-100(121-6)96(97)116)82-123-101-95(115)94(114)92(112)87(125-101)81-120-5)80-86(108)84(106-91(111)76-64-61-58-55-52-49-46-43-40-37-34-31-28-25-22-19-16-13-9-3)72-66-69-78-104-90(110)75-63-60-57-54-51-48-45-42-39-36-33-30-27-24-21-18-15-12-8-2/h11-16,20-25,29-34,38-43,47-52,56-61,83-85,87-88,92-97,100-101,112-116H,7-10,17-19,26-28,35-37,44-46,53-55,62-82H2,1-6H3,(H,103,109)(H,104,110)(H,105,117)(H,106,111)(H,107,119)/b14-11-,15-12-,16-13-,23-20-,24-21-,25-22-,32-29-,33-30-,34-31-,41-38-,42-39-,43-40-,50-47-,51-48-,52-49-,59-56-,60-57-,61-58-/t83-,84+,85+,87?,88?,92-,93-,94+,95?,96?,97+,100+,101-/m1/s1. The van der Waals surface area contributed by atoms with Gasteiger partial charge < -0.3 is 85.3 Å². The summed E-state index contributed by atoms with van der Waals surface area (Å²) in [5.74, 6) is -2.92. The highest BCUT2D eigenvalue weighted by molar-refractivity contribution is 5.92. The Morgan fingerprint density at radius 3 is 1.09 bits per heavy atom. The summed E-state index contributed by atoms with van der Waals surface area (Å²) < 4.78 is 38.1. The Morgan fingerprint density at radius 1 is 0.357 bits per heavy atom. The number of ketones is 1. The summed E-state index contributed by atoms with van der Waals surface area (Å²) >= 11 is 0. The number of amides is 5. The molecule has 24 heteroatoms. The van der Waals surface area contributed by atoms with Gasteiger partial charge in [0.25, 0.3) is 0 Å². The molecule has 24 nitrogen and oxygen atoms in total. The largest absolute Gasteiger partial charge is 0.464 e. The normalized spacial score (nSPS) is 20.7. The lowest BCUT2D eigenvalue weighted by atomic mass is 9.91. The molecule has 0 aliphatic carbocycles. The number of rotatable bonds is 72. The van der Waals surface area contributed by atoms with Crippen molar-refractivity contribution in [3.8, 4) is 0 Å². The van der Waals surface area contributed by atoms with Gasteiger partial charge in [-0.25, -0.2) is 9.59 Å². The first-order chi connectivity index (χ1) is 61.5. The van der Waals surface area contributed by atoms with Gasteiger partial charge >= 0.3 is 12.1 Å². The van der Waals surface area contributed by atoms with Gasteiger partial charge in [-0.3, -0.25) is 24.0 Å². The molecule has 2 aliphatic rings. The van der Waals surface area contributed by atoms with Gasteiger partial charge in [-0.15, -0.1) is 0 Å². The summed E-state index contributed by atoms with van der Waals surface area (Å²) in [5.41, 5.74) is 0. The Labute approximate surface area is 754 Å². The van der Waals surface area contributed by atoms with Crippen LogP contribution >= 0.6 is 0 Å². The lowest BCUT2D eigenvalue weighted by molar-refractivity contribution is -0.328. The monoisotopic (exact) mass is 1760 g/mol. The summed E-state index contributed by atoms with van der Waals surface area (Å²) in [7, 11) is 2.54. The fourth-order valence-corrected chi connectivity index (χ4v) is 13.0. The minimum absolute atomic E-state index is 0.0152. The van der Waals surface area contributed by atoms with Crippen molar-refractivity contribution in [2.45, 2.75) is 319 Å². The quantitative estimate of drug-likeness (QED) is 0.0154. The molecule has 0 aromatic heterocycles. The van der Waals surface area contributed by atoms with Gasteiger partial charge in [-0.05, 0) is 193 Å². The van der Waals surface area contributed by atoms with Crippen molar-refractivity contribution in [3.05, 3.63) is 219 Å². The lowest BCUT2D eigenvalue weighted by Gasteiger charge is -2.43. The second-order valence-electron chi connectivity index (χ2n) is 30.7. The van der Waals surface area contributed by atoms with Gasteiger partial charge in [0, 0.05) is 65.5 Å². The van der Waals surface area contributed by atoms with Crippen LogP contribution in [0, 0.1) is 5.92 Å². The third-order valence-corrected chi connectivity index (χ3v) is 20.1. The molecular weight excluding hydrogens is 1600 g/mol. The van der Waals surface area contributed by atoms with Crippen molar-refractivity contribution in [2.24, 2.45) is 5.92 Å². The number of Topliss-reactive ketones (excluding diaryl/α,β-unsaturated/α-hetero) is 1. The molecule has 13 atom stereocenters. The van der Waals surface area contributed by atoms with Crippen molar-refractivity contribution < 1.29 is 92.3 Å². The maximum atomic E-state index is 14.7. The maximum absolute atomic E-state index is 14.7. The number of nitrogens with one attached hydrogen (secondary N) is 5. The maximum Gasteiger partial charge on any atom is 0.408 e. The molecule has 704 valence electrons. The van der Waals surface area contributed by atoms with Crippen molar-refractivity contribution in [2.75, 3.05) is 53.7 Å². The molecule has 10 N–H and O–H groups in total. The molecule has 0 saturated carbocycles. The zero-order valence-electron chi connectivity index (χ0n) is 76.5. The van der Waals surface area contributed by atoms with Gasteiger partial charge in [0.1, 0.15) is 48.8 Å². The van der Waals surface area contributed by atoms with Crippen LogP contribution in [-0.2, 0) is 61.9 Å². The summed E-state index contributed by atoms with van der Waals surface area (Å²) in [5, 5.41) is 68.5. The molecule has 2 heterocycles. The van der Waals surface area contributed by atoms with E-state index in [1.165, 1.54) is 14.2 Å². The number of hydrogen-bond donors (Lipinski definition) is 10. The fourth-order valence-electron chi connectivity index (χ4n) is 13.0. The molecule has 0 radical (unpaired) electrons. The lowest BCUT2D eigenvalue weighted by Crippen LogP contribution is -2.62. The van der Waals surface area contributed by atoms with E-state index < -0.39 is 104 Å². The number of unbranched alkanes of at least 4 members (excludes halogenated alkanes) is 3. The van der Waals surface area contributed by atoms with Crippen LogP contribution in [0.1, 0.15) is 246 Å². The molecule has 2 aliphatic heterocycles. The number of hydrogen-bond acceptors (Lipinski definition) is 19. The minimum Gasteiger partial charge on any atom is -0.464 e. The molecule has 0 spiro atoms. The number of aliphatic hydroxyl groups is 5. The number of alkyl carbamates (subject to hydrolysis) is 1. The van der Waals surface area contributed by atoms with E-state index >= 15 is 0 Å². The number of aliphatic hydroxyl groups excluding tert-OH is 5. The SMILES string of the molecule is CC/C=C\C/C=C\C/C=C\C/C=C\C/C=C\C/C=C\CCC(=O)NCCCC[C@H](CC(=O)[C@H](CCCCNC(=O)CC/C=C\C/C=C\C/C=C\C/C=C\C/C=C\C/C=C\CC)NC(=O)CC/C=C\C/C=C\C/C=C\C/C=C\C/C=C\C/C=C\CC)C(=O)NCCCC[C@H](NC(=O)O[C@@H]1C(O)[C@@H](OC)OC(CO[C@@H]2OC(COC)[C@@H](O)[C@H](O)C2O)[C@H]1O)C(=O)OCC. The Bertz CT molecular complexity index is 3490. The highest BCUT2D eigenvalue weighted by Crippen LogP contribution is 2.28. The zero-order valence-corrected chi connectivity index (χ0v) is 76.5. The predicted octanol–water partition coefficient (Wildman–Crippen LogP) is 16.9. The topological polar surface area (TPSA) is 345 Å². The van der Waals surface area contributed by atoms with E-state index in [4.69, 9.17) is 33.2 Å². The van der Waals surface area contributed by atoms with Gasteiger partial charge in [-0.2, -0.15) is 0 Å². The van der Waals surface area contributed by atoms with E-state index in [1.54, 1.807) is 6.92 Å². The first kappa shape index (κ1) is 113. The van der Waals surface area contributed by atoms with Gasteiger partial charge in [0.15, 0.2) is 24.5 Å². The van der Waals surface area contributed by atoms with Crippen LogP contribution in [0.5, 0.6) is 0 Å². The van der Waals surface area contributed by atoms with Crippen molar-refractivity contribution in [1.82, 2.24) is 26.6 Å². The number of methoxy groups -OCH3 is 2. The Hall–Kier alpha value is -8.79. The third kappa shape index (κ3) is 59.3. The molecular formula is C102H157N5O19. The first-order valence-electron chi connectivity index (χ1n) is 46.3. The molecule has 126 heavy (non-hydrogen) atoms. The van der Waals surface area contributed by atoms with Gasteiger partial charge in [0.2, 0.25) is 23.6 Å². The molecule has 2 fully saturated rings. The zero-order chi connectivity index (χ0) is 91.8. The molecule has 0 aromatic rings. The number of carbonyl (C=O) groups excluding carboxylic acids is 7. The average molecular weight is 1760 g/mol. The van der Waals surface area contributed by atoms with Gasteiger partial charge in [0.05, 0.1) is 25.9 Å². The number of allylic oxidation sites excluding steroid dienone is 36. The average Bonchev–Trinajstić information content (AvgIpc) is 0.801. The highest BCUT2D eigenvalue weighted by atomic mass is 16.7. The van der Waals surface area contributed by atoms with Crippen LogP contribution < -0.4 is 26.6 Å². The van der Waals surface area contributed by atoms with Crippen LogP contribution in [0.3, 0.4) is 0 Å². The van der Waals surface area contributed by atoms with Crippen molar-refractivity contribution >= 4 is 41.5 Å². The van der Waals surface area contributed by atoms with Crippen LogP contribution in [0.25, 0.3) is 0 Å². The molecule has 0 aromatic carbocycles. The van der Waals surface area contributed by atoms with E-state index in [0.29, 0.717) is 77.3 Å². The Balaban J connectivity index is 2.23. The predicted molar refractivity (Wildman–Crippen MR) is 504 cm³/mol. The second kappa shape index (κ2) is 79.6. The Kier molecular flexibility index (Phi) is 71.6. The molecule has 2 saturated heterocycles. The van der Waals surface area contributed by atoms with E-state index in [9.17, 15) is 59.1 Å². The summed E-state index contributed by atoms with van der Waals surface area (Å²) in [6.07, 6.45) is 81.1. The van der Waals surface area contributed by atoms with E-state index in [2.05, 4.69) is 236 Å². The van der Waals surface area contributed by atoms with Crippen LogP contribution in [-0.4, -0.2) is 194 Å². The minimum atomic E-state index is -1.79. The van der Waals surface area contributed by atoms with Crippen LogP contribution in [0.15, 0.2) is 219 Å². The Morgan fingerprint density at radius 2 is 0.706 bits per heavy atom. The van der Waals surface area contributed by atoms with Crippen molar-refractivity contribution in [3.63, 3.8) is 0 Å². The van der Waals surface area contributed by atoms with Crippen LogP contribution in [0.2, 0.25) is 0 Å². The third-order valence-electron chi connectivity index (χ3n) is 20.1. The smallest absolute Gasteiger partial charge is 0.408 e. The first-order valence-corrected chi connectivity index (χ1v) is 46.3. The number of carbonyl (C=O) groups is 7. The molecule has 0 bridgehead atoms. The summed E-state index contributed by atoms with van der Waals surface area (Å²) in [6, 6.07) is -2.24. The molecule has 4 unspecified atom stereocenters. The number of ether oxygens (including phenoxy) is 7. The summed E-state index contributed by atoms with van der Waals surface area (Å²) in [6.45, 7) is 8.01.